The zero-order valence-corrected chi connectivity index (χ0v) is 22.0. The van der Waals surface area contributed by atoms with Gasteiger partial charge < -0.3 is 9.64 Å². The van der Waals surface area contributed by atoms with Crippen LogP contribution < -0.4 is 4.90 Å². The molecule has 0 spiro atoms. The number of hydrogen-bond donors (Lipinski definition) is 0. The van der Waals surface area contributed by atoms with Gasteiger partial charge in [0.25, 0.3) is 16.0 Å². The molecule has 37 heavy (non-hydrogen) atoms. The third-order valence-corrected chi connectivity index (χ3v) is 7.44. The molecule has 0 aliphatic carbocycles. The number of aryl methyl sites for hydroxylation is 1. The molecule has 0 N–H and O–H groups in total. The lowest BCUT2D eigenvalue weighted by molar-refractivity contribution is -0.145. The molecule has 1 amide bonds. The van der Waals surface area contributed by atoms with E-state index in [4.69, 9.17) is 25.5 Å². The zero-order valence-electron chi connectivity index (χ0n) is 20.5. The summed E-state index contributed by atoms with van der Waals surface area (Å²) in [6.45, 7) is 1.79. The lowest BCUT2D eigenvalue weighted by Gasteiger charge is -2.30. The van der Waals surface area contributed by atoms with Crippen LogP contribution in [0.1, 0.15) is 23.6 Å². The van der Waals surface area contributed by atoms with Gasteiger partial charge in [-0.05, 0) is 37.3 Å². The van der Waals surface area contributed by atoms with Crippen molar-refractivity contribution < 1.29 is 26.9 Å². The number of rotatable bonds is 7. The van der Waals surface area contributed by atoms with Crippen molar-refractivity contribution in [3.8, 4) is 0 Å². The summed E-state index contributed by atoms with van der Waals surface area (Å²) in [4.78, 5) is 31.8. The second-order valence-corrected chi connectivity index (χ2v) is 10.7. The minimum absolute atomic E-state index is 0.0718. The number of carbonyl (C=O) groups is 2. The van der Waals surface area contributed by atoms with Gasteiger partial charge in [-0.1, -0.05) is 59.6 Å². The predicted octanol–water partition coefficient (Wildman–Crippen LogP) is 4.17. The fraction of sp³-hybridized carbons (Fsp3) is 0.222. The summed E-state index contributed by atoms with van der Waals surface area (Å²) in [6.07, 6.45) is 0. The Hall–Kier alpha value is -3.53. The lowest BCUT2D eigenvalue weighted by Crippen LogP contribution is -2.53. The number of ether oxygens (including phenoxy) is 1. The maximum Gasteiger partial charge on any atom is 0.302 e. The van der Waals surface area contributed by atoms with Crippen LogP contribution in [0.3, 0.4) is 0 Å². The average molecular weight is 541 g/mol. The molecule has 1 atom stereocenters. The lowest BCUT2D eigenvalue weighted by atomic mass is 9.99. The number of halogens is 1. The van der Waals surface area contributed by atoms with Crippen LogP contribution in [-0.2, 0) is 28.6 Å². The summed E-state index contributed by atoms with van der Waals surface area (Å²) in [5.74, 6) is -1.26. The highest BCUT2D eigenvalue weighted by Gasteiger charge is 2.47. The first kappa shape index (κ1) is 26.5. The minimum atomic E-state index is -4.26. The standard InChI is InChI=1S/C27H25ClN2O6S/c1-18-9-12-22(13-10-18)37(33,34)36-17-27(16-35-19(2)31)26(32)30(3)24-14-11-21(28)15-23(24)25(29-27)20-7-5-4-6-8-20/h4-15H,16-17H2,1-3H3/t27-/m0/s1. The van der Waals surface area contributed by atoms with Gasteiger partial charge in [-0.2, -0.15) is 8.42 Å². The SMILES string of the molecule is CC(=O)OC[C@@]1(COS(=O)(=O)c2ccc(C)cc2)N=C(c2ccccc2)c2cc(Cl)ccc2N(C)C1=O. The molecule has 10 heteroatoms. The topological polar surface area (TPSA) is 102 Å². The first-order valence-electron chi connectivity index (χ1n) is 11.4. The van der Waals surface area contributed by atoms with Gasteiger partial charge in [-0.3, -0.25) is 18.8 Å². The molecule has 0 radical (unpaired) electrons. The number of aliphatic imine (C=N–C) groups is 1. The normalized spacial score (nSPS) is 17.6. The Morgan fingerprint density at radius 3 is 2.35 bits per heavy atom. The van der Waals surface area contributed by atoms with Gasteiger partial charge in [0.2, 0.25) is 0 Å². The number of anilines is 1. The number of esters is 1. The molecule has 0 unspecified atom stereocenters. The molecule has 1 heterocycles. The van der Waals surface area contributed by atoms with E-state index in [2.05, 4.69) is 0 Å². The first-order chi connectivity index (χ1) is 17.5. The number of likely N-dealkylation sites (N-methyl/N-ethyl adjacent to an activating group) is 1. The molecule has 3 aromatic carbocycles. The smallest absolute Gasteiger partial charge is 0.302 e. The average Bonchev–Trinajstić information content (AvgIpc) is 2.96. The van der Waals surface area contributed by atoms with Crippen LogP contribution in [0, 0.1) is 6.92 Å². The molecule has 1 aliphatic heterocycles. The van der Waals surface area contributed by atoms with Gasteiger partial charge >= 0.3 is 5.97 Å². The van der Waals surface area contributed by atoms with Gasteiger partial charge in [0.1, 0.15) is 13.2 Å². The molecular formula is C27H25ClN2O6S. The highest BCUT2D eigenvalue weighted by Crippen LogP contribution is 2.34. The minimum Gasteiger partial charge on any atom is -0.463 e. The predicted molar refractivity (Wildman–Crippen MR) is 141 cm³/mol. The van der Waals surface area contributed by atoms with Crippen molar-refractivity contribution in [3.05, 3.63) is 94.5 Å². The van der Waals surface area contributed by atoms with E-state index < -0.39 is 40.7 Å². The highest BCUT2D eigenvalue weighted by atomic mass is 35.5. The van der Waals surface area contributed by atoms with Crippen LogP contribution in [0.2, 0.25) is 5.02 Å². The Morgan fingerprint density at radius 1 is 1.03 bits per heavy atom. The molecule has 192 valence electrons. The van der Waals surface area contributed by atoms with Gasteiger partial charge in [0.05, 0.1) is 16.3 Å². The molecule has 4 rings (SSSR count). The third kappa shape index (κ3) is 5.58. The van der Waals surface area contributed by atoms with E-state index >= 15 is 0 Å². The van der Waals surface area contributed by atoms with Crippen molar-refractivity contribution in [2.24, 2.45) is 4.99 Å². The van der Waals surface area contributed by atoms with E-state index in [0.29, 0.717) is 27.5 Å². The van der Waals surface area contributed by atoms with E-state index in [1.807, 2.05) is 25.1 Å². The van der Waals surface area contributed by atoms with E-state index in [1.165, 1.54) is 31.0 Å². The van der Waals surface area contributed by atoms with Gasteiger partial charge in [0.15, 0.2) is 5.54 Å². The third-order valence-electron chi connectivity index (χ3n) is 5.93. The fourth-order valence-electron chi connectivity index (χ4n) is 3.95. The zero-order chi connectivity index (χ0) is 26.8. The van der Waals surface area contributed by atoms with Gasteiger partial charge in [-0.15, -0.1) is 0 Å². The molecule has 0 fully saturated rings. The number of fused-ring (bicyclic) bond motifs is 1. The summed E-state index contributed by atoms with van der Waals surface area (Å²) in [5.41, 5.74) is 1.06. The van der Waals surface area contributed by atoms with Crippen molar-refractivity contribution in [2.75, 3.05) is 25.2 Å². The molecule has 1 aliphatic rings. The number of amides is 1. The van der Waals surface area contributed by atoms with Crippen LogP contribution in [0.25, 0.3) is 0 Å². The molecule has 0 saturated carbocycles. The van der Waals surface area contributed by atoms with Crippen LogP contribution in [0.15, 0.2) is 82.7 Å². The number of carbonyl (C=O) groups excluding carboxylic acids is 2. The van der Waals surface area contributed by atoms with Crippen LogP contribution in [0.4, 0.5) is 5.69 Å². The Bertz CT molecular complexity index is 1470. The van der Waals surface area contributed by atoms with Crippen molar-refractivity contribution in [1.29, 1.82) is 0 Å². The number of hydrogen-bond acceptors (Lipinski definition) is 7. The van der Waals surface area contributed by atoms with Gasteiger partial charge in [0, 0.05) is 30.1 Å². The Labute approximate surface area is 220 Å². The maximum atomic E-state index is 13.9. The largest absolute Gasteiger partial charge is 0.463 e. The summed E-state index contributed by atoms with van der Waals surface area (Å²) < 4.78 is 36.7. The molecule has 8 nitrogen and oxygen atoms in total. The summed E-state index contributed by atoms with van der Waals surface area (Å²) >= 11 is 6.31. The summed E-state index contributed by atoms with van der Waals surface area (Å²) in [6, 6.07) is 20.2. The van der Waals surface area contributed by atoms with Crippen molar-refractivity contribution in [3.63, 3.8) is 0 Å². The molecular weight excluding hydrogens is 516 g/mol. The molecule has 0 bridgehead atoms. The number of benzodiazepines with no additional fused rings is 1. The summed E-state index contributed by atoms with van der Waals surface area (Å²) in [7, 11) is -2.73. The molecule has 3 aromatic rings. The Morgan fingerprint density at radius 2 is 1.70 bits per heavy atom. The second kappa shape index (κ2) is 10.5. The second-order valence-electron chi connectivity index (χ2n) is 8.69. The molecule has 0 saturated heterocycles. The monoisotopic (exact) mass is 540 g/mol. The van der Waals surface area contributed by atoms with Crippen molar-refractivity contribution in [1.82, 2.24) is 0 Å². The van der Waals surface area contributed by atoms with Crippen molar-refractivity contribution in [2.45, 2.75) is 24.3 Å². The van der Waals surface area contributed by atoms with E-state index in [-0.39, 0.29) is 4.90 Å². The Balaban J connectivity index is 1.88. The number of nitrogens with zero attached hydrogens (tertiary/aromatic N) is 2. The van der Waals surface area contributed by atoms with Crippen molar-refractivity contribution >= 4 is 45.0 Å². The van der Waals surface area contributed by atoms with Crippen LogP contribution >= 0.6 is 11.6 Å². The van der Waals surface area contributed by atoms with Gasteiger partial charge in [-0.25, -0.2) is 0 Å². The highest BCUT2D eigenvalue weighted by molar-refractivity contribution is 7.86. The van der Waals surface area contributed by atoms with E-state index in [9.17, 15) is 18.0 Å². The Kier molecular flexibility index (Phi) is 7.49. The first-order valence-corrected chi connectivity index (χ1v) is 13.1. The van der Waals surface area contributed by atoms with E-state index in [0.717, 1.165) is 5.56 Å². The number of benzene rings is 3. The molecule has 0 aromatic heterocycles. The van der Waals surface area contributed by atoms with Crippen LogP contribution in [0.5, 0.6) is 0 Å². The summed E-state index contributed by atoms with van der Waals surface area (Å²) in [5, 5.41) is 0.425. The quantitative estimate of drug-likeness (QED) is 0.329. The maximum absolute atomic E-state index is 13.9. The fourth-order valence-corrected chi connectivity index (χ4v) is 5.08. The van der Waals surface area contributed by atoms with Crippen LogP contribution in [-0.4, -0.2) is 51.8 Å². The van der Waals surface area contributed by atoms with E-state index in [1.54, 1.807) is 42.5 Å².